The Bertz CT molecular complexity index is 691. The van der Waals surface area contributed by atoms with Crippen molar-refractivity contribution < 1.29 is 9.53 Å². The lowest BCUT2D eigenvalue weighted by atomic mass is 9.74. The Morgan fingerprint density at radius 3 is 2.52 bits per heavy atom. The van der Waals surface area contributed by atoms with Crippen LogP contribution in [0, 0.1) is 5.92 Å². The molecule has 2 fully saturated rings. The van der Waals surface area contributed by atoms with Crippen molar-refractivity contribution in [2.24, 2.45) is 10.9 Å². The Labute approximate surface area is 195 Å². The molecule has 8 heteroatoms. The number of nitrogens with one attached hydrogen (secondary N) is 3. The minimum absolute atomic E-state index is 0. The average molecular weight is 535 g/mol. The molecule has 3 N–H and O–H groups in total. The predicted octanol–water partition coefficient (Wildman–Crippen LogP) is 3.09. The van der Waals surface area contributed by atoms with Crippen LogP contribution in [-0.2, 0) is 14.9 Å². The van der Waals surface area contributed by atoms with Crippen LogP contribution in [-0.4, -0.2) is 51.3 Å². The zero-order valence-corrected chi connectivity index (χ0v) is 20.1. The first-order valence-corrected chi connectivity index (χ1v) is 10.6. The second kappa shape index (κ2) is 12.0. The molecule has 0 aromatic heterocycles. The number of rotatable bonds is 8. The largest absolute Gasteiger partial charge is 0.381 e. The highest BCUT2D eigenvalue weighted by molar-refractivity contribution is 14.0. The lowest BCUT2D eigenvalue weighted by Crippen LogP contribution is -2.43. The van der Waals surface area contributed by atoms with E-state index in [1.54, 1.807) is 0 Å². The summed E-state index contributed by atoms with van der Waals surface area (Å²) in [4.78, 5) is 16.6. The number of carbonyl (C=O) groups is 1. The molecule has 0 bridgehead atoms. The molecule has 0 atom stereocenters. The van der Waals surface area contributed by atoms with E-state index in [2.05, 4.69) is 22.0 Å². The predicted molar refractivity (Wildman–Crippen MR) is 128 cm³/mol. The lowest BCUT2D eigenvalue weighted by molar-refractivity contribution is -0.122. The van der Waals surface area contributed by atoms with E-state index in [0.717, 1.165) is 62.0 Å². The Balaban J connectivity index is 0.00000300. The molecule has 1 heterocycles. The summed E-state index contributed by atoms with van der Waals surface area (Å²) in [6, 6.07) is 8.05. The van der Waals surface area contributed by atoms with E-state index in [0.29, 0.717) is 19.6 Å². The fourth-order valence-corrected chi connectivity index (χ4v) is 3.93. The van der Waals surface area contributed by atoms with Gasteiger partial charge < -0.3 is 20.7 Å². The molecule has 1 aromatic rings. The highest BCUT2D eigenvalue weighted by atomic mass is 127. The van der Waals surface area contributed by atoms with Crippen LogP contribution in [0.3, 0.4) is 0 Å². The van der Waals surface area contributed by atoms with Crippen LogP contribution in [0.5, 0.6) is 0 Å². The highest BCUT2D eigenvalue weighted by Crippen LogP contribution is 2.38. The van der Waals surface area contributed by atoms with Gasteiger partial charge in [-0.15, -0.1) is 24.0 Å². The molecule has 0 spiro atoms. The molecule has 29 heavy (non-hydrogen) atoms. The average Bonchev–Trinajstić information content (AvgIpc) is 3.55. The lowest BCUT2D eigenvalue weighted by Gasteiger charge is -2.37. The molecule has 0 unspecified atom stereocenters. The fourth-order valence-electron chi connectivity index (χ4n) is 3.59. The molecule has 1 aliphatic carbocycles. The maximum Gasteiger partial charge on any atom is 0.223 e. The monoisotopic (exact) mass is 534 g/mol. The van der Waals surface area contributed by atoms with Crippen molar-refractivity contribution in [3.63, 3.8) is 0 Å². The van der Waals surface area contributed by atoms with Crippen LogP contribution in [0.25, 0.3) is 0 Å². The van der Waals surface area contributed by atoms with Gasteiger partial charge in [-0.25, -0.2) is 0 Å². The summed E-state index contributed by atoms with van der Waals surface area (Å²) in [6.07, 6.45) is 3.85. The van der Waals surface area contributed by atoms with E-state index in [-0.39, 0.29) is 41.2 Å². The van der Waals surface area contributed by atoms with Gasteiger partial charge in [0, 0.05) is 49.2 Å². The third kappa shape index (κ3) is 7.00. The van der Waals surface area contributed by atoms with Gasteiger partial charge in [0.2, 0.25) is 5.91 Å². The van der Waals surface area contributed by atoms with Crippen LogP contribution in [0.1, 0.15) is 38.2 Å². The Hall–Kier alpha value is -1.06. The van der Waals surface area contributed by atoms with Gasteiger partial charge in [-0.3, -0.25) is 9.79 Å². The van der Waals surface area contributed by atoms with Crippen molar-refractivity contribution in [2.75, 3.05) is 39.4 Å². The summed E-state index contributed by atoms with van der Waals surface area (Å²) in [6.45, 7) is 6.16. The zero-order valence-electron chi connectivity index (χ0n) is 17.0. The molecular weight excluding hydrogens is 503 g/mol. The van der Waals surface area contributed by atoms with Crippen molar-refractivity contribution >= 4 is 47.4 Å². The number of hydrogen-bond acceptors (Lipinski definition) is 3. The van der Waals surface area contributed by atoms with Crippen molar-refractivity contribution in [1.29, 1.82) is 0 Å². The molecule has 1 saturated carbocycles. The molecule has 3 rings (SSSR count). The van der Waals surface area contributed by atoms with Crippen molar-refractivity contribution in [1.82, 2.24) is 16.0 Å². The third-order valence-electron chi connectivity index (χ3n) is 5.44. The van der Waals surface area contributed by atoms with Gasteiger partial charge in [0.25, 0.3) is 0 Å². The zero-order chi connectivity index (χ0) is 19.8. The second-order valence-corrected chi connectivity index (χ2v) is 7.97. The van der Waals surface area contributed by atoms with Crippen LogP contribution in [0.4, 0.5) is 0 Å². The van der Waals surface area contributed by atoms with Crippen LogP contribution >= 0.6 is 35.6 Å². The first-order valence-electron chi connectivity index (χ1n) is 10.3. The maximum atomic E-state index is 11.7. The third-order valence-corrected chi connectivity index (χ3v) is 5.77. The van der Waals surface area contributed by atoms with E-state index >= 15 is 0 Å². The van der Waals surface area contributed by atoms with Gasteiger partial charge in [-0.05, 0) is 44.2 Å². The molecule has 1 aromatic carbocycles. The van der Waals surface area contributed by atoms with Crippen molar-refractivity contribution in [3.8, 4) is 0 Å². The molecule has 1 aliphatic heterocycles. The SMILES string of the molecule is CCNC(=NCC1(c2ccccc2Cl)CCOCC1)NCCNC(=O)C1CC1.I. The number of amides is 1. The molecule has 1 amide bonds. The van der Waals surface area contributed by atoms with E-state index in [9.17, 15) is 4.79 Å². The number of hydrogen-bond donors (Lipinski definition) is 3. The summed E-state index contributed by atoms with van der Waals surface area (Å²) in [5, 5.41) is 10.4. The summed E-state index contributed by atoms with van der Waals surface area (Å²) in [5.41, 5.74) is 1.04. The summed E-state index contributed by atoms with van der Waals surface area (Å²) < 4.78 is 5.60. The normalized spacial score (nSPS) is 18.5. The minimum atomic E-state index is -0.112. The Kier molecular flexibility index (Phi) is 9.98. The van der Waals surface area contributed by atoms with Gasteiger partial charge in [0.15, 0.2) is 5.96 Å². The fraction of sp³-hybridized carbons (Fsp3) is 0.619. The maximum absolute atomic E-state index is 11.7. The summed E-state index contributed by atoms with van der Waals surface area (Å²) in [5.74, 6) is 1.18. The summed E-state index contributed by atoms with van der Waals surface area (Å²) >= 11 is 6.53. The molecular formula is C21H32ClIN4O2. The van der Waals surface area contributed by atoms with E-state index < -0.39 is 0 Å². The van der Waals surface area contributed by atoms with Crippen LogP contribution in [0.2, 0.25) is 5.02 Å². The highest BCUT2D eigenvalue weighted by Gasteiger charge is 2.36. The van der Waals surface area contributed by atoms with E-state index in [1.165, 1.54) is 0 Å². The standard InChI is InChI=1S/C21H31ClN4O2.HI/c1-2-23-20(25-12-11-24-19(27)16-7-8-16)26-15-21(9-13-28-14-10-21)17-5-3-4-6-18(17)22;/h3-6,16H,2,7-15H2,1H3,(H,24,27)(H2,23,25,26);1H. The molecule has 2 aliphatic rings. The number of carbonyl (C=O) groups excluding carboxylic acids is 1. The Morgan fingerprint density at radius 1 is 1.17 bits per heavy atom. The number of ether oxygens (including phenoxy) is 1. The number of benzene rings is 1. The first-order chi connectivity index (χ1) is 13.6. The molecule has 0 radical (unpaired) electrons. The number of aliphatic imine (C=N–C) groups is 1. The number of guanidine groups is 1. The van der Waals surface area contributed by atoms with E-state index in [1.807, 2.05) is 25.1 Å². The summed E-state index contributed by atoms with van der Waals surface area (Å²) in [7, 11) is 0. The smallest absolute Gasteiger partial charge is 0.223 e. The van der Waals surface area contributed by atoms with Gasteiger partial charge in [0.1, 0.15) is 0 Å². The van der Waals surface area contributed by atoms with Gasteiger partial charge in [-0.1, -0.05) is 29.8 Å². The molecule has 162 valence electrons. The number of nitrogens with zero attached hydrogens (tertiary/aromatic N) is 1. The topological polar surface area (TPSA) is 74.8 Å². The molecule has 6 nitrogen and oxygen atoms in total. The van der Waals surface area contributed by atoms with Crippen LogP contribution < -0.4 is 16.0 Å². The first kappa shape index (κ1) is 24.2. The van der Waals surface area contributed by atoms with Gasteiger partial charge >= 0.3 is 0 Å². The quantitative estimate of drug-likeness (QED) is 0.207. The van der Waals surface area contributed by atoms with E-state index in [4.69, 9.17) is 21.3 Å². The molecule has 1 saturated heterocycles. The van der Waals surface area contributed by atoms with Crippen molar-refractivity contribution in [2.45, 2.75) is 38.0 Å². The minimum Gasteiger partial charge on any atom is -0.381 e. The van der Waals surface area contributed by atoms with Gasteiger partial charge in [0.05, 0.1) is 6.54 Å². The van der Waals surface area contributed by atoms with Crippen LogP contribution in [0.15, 0.2) is 29.3 Å². The van der Waals surface area contributed by atoms with Crippen molar-refractivity contribution in [3.05, 3.63) is 34.9 Å². The Morgan fingerprint density at radius 2 is 1.86 bits per heavy atom. The number of halogens is 2. The van der Waals surface area contributed by atoms with Gasteiger partial charge in [-0.2, -0.15) is 0 Å². The second-order valence-electron chi connectivity index (χ2n) is 7.56.